The van der Waals surface area contributed by atoms with Gasteiger partial charge >= 0.3 is 0 Å². The van der Waals surface area contributed by atoms with Crippen LogP contribution in [0.15, 0.2) is 60.0 Å². The maximum Gasteiger partial charge on any atom is 0.272 e. The highest BCUT2D eigenvalue weighted by molar-refractivity contribution is 7.12. The van der Waals surface area contributed by atoms with Crippen molar-refractivity contribution in [2.24, 2.45) is 0 Å². The third kappa shape index (κ3) is 3.68. The number of aromatic nitrogens is 1. The standard InChI is InChI=1S/C22H19N3O2S/c1-13-10-14(2)17-12-19(25-18(17)11-13)21(26)23-15-5-7-16(8-6-15)24-22(27)20-4-3-9-28-20/h3-12,25H,1-2H3,(H,23,26)(H,24,27). The Morgan fingerprint density at radius 1 is 0.893 bits per heavy atom. The predicted molar refractivity (Wildman–Crippen MR) is 114 cm³/mol. The number of hydrogen-bond donors (Lipinski definition) is 3. The Kier molecular flexibility index (Phi) is 4.71. The fraction of sp³-hybridized carbons (Fsp3) is 0.0909. The van der Waals surface area contributed by atoms with E-state index in [0.717, 1.165) is 22.0 Å². The first-order valence-electron chi connectivity index (χ1n) is 8.86. The van der Waals surface area contributed by atoms with Gasteiger partial charge in [-0.3, -0.25) is 9.59 Å². The average Bonchev–Trinajstić information content (AvgIpc) is 3.33. The number of anilines is 2. The molecule has 0 radical (unpaired) electrons. The molecule has 6 heteroatoms. The molecular formula is C22H19N3O2S. The van der Waals surface area contributed by atoms with E-state index in [0.29, 0.717) is 21.9 Å². The van der Waals surface area contributed by atoms with Crippen LogP contribution >= 0.6 is 11.3 Å². The molecule has 4 rings (SSSR count). The highest BCUT2D eigenvalue weighted by Gasteiger charge is 2.12. The molecular weight excluding hydrogens is 370 g/mol. The number of benzene rings is 2. The second-order valence-electron chi connectivity index (χ2n) is 6.69. The smallest absolute Gasteiger partial charge is 0.272 e. The molecule has 2 amide bonds. The number of rotatable bonds is 4. The summed E-state index contributed by atoms with van der Waals surface area (Å²) in [6.45, 7) is 4.07. The van der Waals surface area contributed by atoms with Crippen LogP contribution in [0.1, 0.15) is 31.3 Å². The molecule has 5 nitrogen and oxygen atoms in total. The summed E-state index contributed by atoms with van der Waals surface area (Å²) in [6, 6.07) is 16.7. The fourth-order valence-corrected chi connectivity index (χ4v) is 3.78. The van der Waals surface area contributed by atoms with Crippen molar-refractivity contribution in [1.29, 1.82) is 0 Å². The monoisotopic (exact) mass is 389 g/mol. The van der Waals surface area contributed by atoms with Gasteiger partial charge in [0.1, 0.15) is 5.69 Å². The zero-order valence-electron chi connectivity index (χ0n) is 15.5. The molecule has 0 saturated heterocycles. The van der Waals surface area contributed by atoms with Crippen LogP contribution < -0.4 is 10.6 Å². The first-order chi connectivity index (χ1) is 13.5. The van der Waals surface area contributed by atoms with Crippen molar-refractivity contribution < 1.29 is 9.59 Å². The molecule has 0 bridgehead atoms. The third-order valence-corrected chi connectivity index (χ3v) is 5.35. The Hall–Kier alpha value is -3.38. The normalized spacial score (nSPS) is 10.8. The van der Waals surface area contributed by atoms with E-state index >= 15 is 0 Å². The van der Waals surface area contributed by atoms with Gasteiger partial charge in [-0.15, -0.1) is 11.3 Å². The molecule has 3 N–H and O–H groups in total. The van der Waals surface area contributed by atoms with Crippen LogP contribution in [0.2, 0.25) is 0 Å². The number of fused-ring (bicyclic) bond motifs is 1. The molecule has 0 unspecified atom stereocenters. The van der Waals surface area contributed by atoms with Crippen molar-refractivity contribution >= 4 is 45.4 Å². The van der Waals surface area contributed by atoms with Gasteiger partial charge in [0, 0.05) is 22.3 Å². The molecule has 2 heterocycles. The van der Waals surface area contributed by atoms with Gasteiger partial charge in [-0.05, 0) is 72.8 Å². The van der Waals surface area contributed by atoms with Gasteiger partial charge in [-0.1, -0.05) is 12.1 Å². The minimum absolute atomic E-state index is 0.143. The van der Waals surface area contributed by atoms with E-state index in [9.17, 15) is 9.59 Å². The number of H-pyrrole nitrogens is 1. The van der Waals surface area contributed by atoms with Crippen molar-refractivity contribution in [2.75, 3.05) is 10.6 Å². The van der Waals surface area contributed by atoms with Crippen molar-refractivity contribution in [3.05, 3.63) is 81.7 Å². The Balaban J connectivity index is 1.46. The third-order valence-electron chi connectivity index (χ3n) is 4.48. The minimum atomic E-state index is -0.205. The van der Waals surface area contributed by atoms with Crippen molar-refractivity contribution in [3.8, 4) is 0 Å². The summed E-state index contributed by atoms with van der Waals surface area (Å²) in [6.07, 6.45) is 0. The number of carbonyl (C=O) groups excluding carboxylic acids is 2. The minimum Gasteiger partial charge on any atom is -0.351 e. The number of hydrogen-bond acceptors (Lipinski definition) is 3. The molecule has 0 aliphatic rings. The van der Waals surface area contributed by atoms with E-state index in [4.69, 9.17) is 0 Å². The van der Waals surface area contributed by atoms with Crippen molar-refractivity contribution in [1.82, 2.24) is 4.98 Å². The SMILES string of the molecule is Cc1cc(C)c2cc(C(=O)Nc3ccc(NC(=O)c4cccs4)cc3)[nH]c2c1. The van der Waals surface area contributed by atoms with Gasteiger partial charge < -0.3 is 15.6 Å². The van der Waals surface area contributed by atoms with Crippen LogP contribution in [0.4, 0.5) is 11.4 Å². The maximum absolute atomic E-state index is 12.6. The zero-order valence-corrected chi connectivity index (χ0v) is 16.3. The van der Waals surface area contributed by atoms with E-state index < -0.39 is 0 Å². The summed E-state index contributed by atoms with van der Waals surface area (Å²) < 4.78 is 0. The van der Waals surface area contributed by atoms with Gasteiger partial charge in [-0.25, -0.2) is 0 Å². The first kappa shape index (κ1) is 18.0. The van der Waals surface area contributed by atoms with Crippen LogP contribution in [0.25, 0.3) is 10.9 Å². The number of thiophene rings is 1. The molecule has 0 spiro atoms. The van der Waals surface area contributed by atoms with Crippen LogP contribution in [-0.4, -0.2) is 16.8 Å². The van der Waals surface area contributed by atoms with E-state index in [2.05, 4.69) is 21.7 Å². The van der Waals surface area contributed by atoms with E-state index in [1.807, 2.05) is 37.4 Å². The maximum atomic E-state index is 12.6. The lowest BCUT2D eigenvalue weighted by Gasteiger charge is -2.07. The first-order valence-corrected chi connectivity index (χ1v) is 9.74. The average molecular weight is 389 g/mol. The van der Waals surface area contributed by atoms with Crippen molar-refractivity contribution in [3.63, 3.8) is 0 Å². The number of carbonyl (C=O) groups is 2. The number of aromatic amines is 1. The van der Waals surface area contributed by atoms with E-state index in [-0.39, 0.29) is 11.8 Å². The van der Waals surface area contributed by atoms with Crippen molar-refractivity contribution in [2.45, 2.75) is 13.8 Å². The molecule has 0 fully saturated rings. The van der Waals surface area contributed by atoms with Gasteiger partial charge in [0.25, 0.3) is 11.8 Å². The number of amides is 2. The zero-order chi connectivity index (χ0) is 19.7. The van der Waals surface area contributed by atoms with Gasteiger partial charge in [0.15, 0.2) is 0 Å². The molecule has 0 aliphatic heterocycles. The van der Waals surface area contributed by atoms with Crippen LogP contribution in [0, 0.1) is 13.8 Å². The predicted octanol–water partition coefficient (Wildman–Crippen LogP) is 5.35. The number of nitrogens with one attached hydrogen (secondary N) is 3. The van der Waals surface area contributed by atoms with E-state index in [1.54, 1.807) is 30.3 Å². The van der Waals surface area contributed by atoms with E-state index in [1.165, 1.54) is 11.3 Å². The van der Waals surface area contributed by atoms with Gasteiger partial charge in [0.2, 0.25) is 0 Å². The van der Waals surface area contributed by atoms with Crippen LogP contribution in [0.5, 0.6) is 0 Å². The number of aryl methyl sites for hydroxylation is 2. The van der Waals surface area contributed by atoms with Crippen LogP contribution in [-0.2, 0) is 0 Å². The summed E-state index contributed by atoms with van der Waals surface area (Å²) in [5.41, 5.74) is 5.09. The largest absolute Gasteiger partial charge is 0.351 e. The lowest BCUT2D eigenvalue weighted by Crippen LogP contribution is -2.13. The second kappa shape index (κ2) is 7.32. The summed E-state index contributed by atoms with van der Waals surface area (Å²) >= 11 is 1.39. The molecule has 140 valence electrons. The summed E-state index contributed by atoms with van der Waals surface area (Å²) in [5, 5.41) is 8.62. The van der Waals surface area contributed by atoms with Gasteiger partial charge in [-0.2, -0.15) is 0 Å². The fourth-order valence-electron chi connectivity index (χ4n) is 3.16. The van der Waals surface area contributed by atoms with Gasteiger partial charge in [0.05, 0.1) is 4.88 Å². The highest BCUT2D eigenvalue weighted by atomic mass is 32.1. The Labute approximate surface area is 166 Å². The molecule has 0 saturated carbocycles. The molecule has 4 aromatic rings. The van der Waals surface area contributed by atoms with Crippen LogP contribution in [0.3, 0.4) is 0 Å². The molecule has 2 aromatic heterocycles. The second-order valence-corrected chi connectivity index (χ2v) is 7.64. The molecule has 2 aromatic carbocycles. The molecule has 0 aliphatic carbocycles. The highest BCUT2D eigenvalue weighted by Crippen LogP contribution is 2.22. The Morgan fingerprint density at radius 2 is 1.57 bits per heavy atom. The Bertz CT molecular complexity index is 1160. The molecule has 0 atom stereocenters. The summed E-state index contributed by atoms with van der Waals surface area (Å²) in [5.74, 6) is -0.348. The quantitative estimate of drug-likeness (QED) is 0.440. The summed E-state index contributed by atoms with van der Waals surface area (Å²) in [7, 11) is 0. The molecule has 28 heavy (non-hydrogen) atoms. The Morgan fingerprint density at radius 3 is 2.21 bits per heavy atom. The topological polar surface area (TPSA) is 74.0 Å². The lowest BCUT2D eigenvalue weighted by atomic mass is 10.1. The summed E-state index contributed by atoms with van der Waals surface area (Å²) in [4.78, 5) is 28.5. The lowest BCUT2D eigenvalue weighted by molar-refractivity contribution is 0.101.